The van der Waals surface area contributed by atoms with Crippen molar-refractivity contribution in [3.05, 3.63) is 23.8 Å². The summed E-state index contributed by atoms with van der Waals surface area (Å²) >= 11 is 5.55. The molecule has 4 heteroatoms. The van der Waals surface area contributed by atoms with Crippen LogP contribution >= 0.6 is 11.6 Å². The fraction of sp³-hybridized carbons (Fsp3) is 0.500. The molecule has 0 aromatic heterocycles. The lowest BCUT2D eigenvalue weighted by molar-refractivity contribution is -0.116. The molecule has 1 aromatic rings. The normalized spacial score (nSPS) is 10.5. The number of carbonyl (C=O) groups excluding carboxylic acids is 1. The molecule has 0 atom stereocenters. The zero-order chi connectivity index (χ0) is 13.5. The summed E-state index contributed by atoms with van der Waals surface area (Å²) in [6.45, 7) is 5.92. The summed E-state index contributed by atoms with van der Waals surface area (Å²) in [5.41, 5.74) is 1.82. The SMILES string of the molecule is Cc1cc(OC(C)C)ccc1NC(=O)CCCCl. The van der Waals surface area contributed by atoms with Crippen LogP contribution in [0, 0.1) is 6.92 Å². The number of benzene rings is 1. The predicted octanol–water partition coefficient (Wildman–Crippen LogP) is 3.74. The van der Waals surface area contributed by atoms with E-state index >= 15 is 0 Å². The molecule has 0 heterocycles. The Kier molecular flexibility index (Phi) is 5.99. The number of halogens is 1. The summed E-state index contributed by atoms with van der Waals surface area (Å²) in [6.07, 6.45) is 1.29. The maximum atomic E-state index is 11.6. The largest absolute Gasteiger partial charge is 0.491 e. The fourth-order valence-electron chi connectivity index (χ4n) is 1.56. The molecular weight excluding hydrogens is 250 g/mol. The molecule has 0 radical (unpaired) electrons. The first kappa shape index (κ1) is 14.8. The molecule has 0 aliphatic carbocycles. The Labute approximate surface area is 113 Å². The smallest absolute Gasteiger partial charge is 0.224 e. The van der Waals surface area contributed by atoms with Gasteiger partial charge >= 0.3 is 0 Å². The van der Waals surface area contributed by atoms with Crippen molar-refractivity contribution in [1.29, 1.82) is 0 Å². The number of carbonyl (C=O) groups is 1. The van der Waals surface area contributed by atoms with Gasteiger partial charge in [0.1, 0.15) is 5.75 Å². The van der Waals surface area contributed by atoms with Gasteiger partial charge in [-0.2, -0.15) is 0 Å². The third-order valence-corrected chi connectivity index (χ3v) is 2.65. The Morgan fingerprint density at radius 3 is 2.72 bits per heavy atom. The number of anilines is 1. The molecule has 1 amide bonds. The van der Waals surface area contributed by atoms with Gasteiger partial charge < -0.3 is 10.1 Å². The second-order valence-electron chi connectivity index (χ2n) is 4.48. The number of alkyl halides is 1. The molecule has 0 bridgehead atoms. The first-order valence-electron chi connectivity index (χ1n) is 6.16. The van der Waals surface area contributed by atoms with Crippen LogP contribution in [-0.4, -0.2) is 17.9 Å². The van der Waals surface area contributed by atoms with Gasteiger partial charge in [-0.25, -0.2) is 0 Å². The second-order valence-corrected chi connectivity index (χ2v) is 4.86. The van der Waals surface area contributed by atoms with E-state index in [1.165, 1.54) is 0 Å². The van der Waals surface area contributed by atoms with Crippen molar-refractivity contribution in [2.24, 2.45) is 0 Å². The summed E-state index contributed by atoms with van der Waals surface area (Å²) in [7, 11) is 0. The van der Waals surface area contributed by atoms with Crippen molar-refractivity contribution in [3.8, 4) is 5.75 Å². The maximum Gasteiger partial charge on any atom is 0.224 e. The highest BCUT2D eigenvalue weighted by Gasteiger charge is 2.06. The van der Waals surface area contributed by atoms with Crippen molar-refractivity contribution in [1.82, 2.24) is 0 Å². The lowest BCUT2D eigenvalue weighted by Gasteiger charge is -2.13. The van der Waals surface area contributed by atoms with E-state index in [1.54, 1.807) is 0 Å². The van der Waals surface area contributed by atoms with Gasteiger partial charge in [0.25, 0.3) is 0 Å². The van der Waals surface area contributed by atoms with Crippen LogP contribution in [-0.2, 0) is 4.79 Å². The van der Waals surface area contributed by atoms with Crippen molar-refractivity contribution < 1.29 is 9.53 Å². The van der Waals surface area contributed by atoms with Crippen LogP contribution in [0.1, 0.15) is 32.3 Å². The third-order valence-electron chi connectivity index (χ3n) is 2.38. The molecule has 0 saturated heterocycles. The minimum Gasteiger partial charge on any atom is -0.491 e. The average molecular weight is 270 g/mol. The van der Waals surface area contributed by atoms with Gasteiger partial charge in [0.2, 0.25) is 5.91 Å². The molecule has 0 aliphatic heterocycles. The van der Waals surface area contributed by atoms with E-state index in [1.807, 2.05) is 39.0 Å². The summed E-state index contributed by atoms with van der Waals surface area (Å²) < 4.78 is 5.59. The highest BCUT2D eigenvalue weighted by molar-refractivity contribution is 6.18. The van der Waals surface area contributed by atoms with Gasteiger partial charge in [0, 0.05) is 18.0 Å². The van der Waals surface area contributed by atoms with Gasteiger partial charge in [-0.1, -0.05) is 0 Å². The highest BCUT2D eigenvalue weighted by atomic mass is 35.5. The summed E-state index contributed by atoms with van der Waals surface area (Å²) in [5.74, 6) is 1.32. The quantitative estimate of drug-likeness (QED) is 0.799. The topological polar surface area (TPSA) is 38.3 Å². The van der Waals surface area contributed by atoms with E-state index < -0.39 is 0 Å². The molecule has 1 N–H and O–H groups in total. The molecule has 0 unspecified atom stereocenters. The van der Waals surface area contributed by atoms with Gasteiger partial charge in [0.05, 0.1) is 6.10 Å². The number of amides is 1. The zero-order valence-corrected chi connectivity index (χ0v) is 11.9. The van der Waals surface area contributed by atoms with E-state index in [4.69, 9.17) is 16.3 Å². The first-order chi connectivity index (χ1) is 8.52. The summed E-state index contributed by atoms with van der Waals surface area (Å²) in [4.78, 5) is 11.6. The molecule has 0 spiro atoms. The van der Waals surface area contributed by atoms with Crippen LogP contribution in [0.5, 0.6) is 5.75 Å². The standard InChI is InChI=1S/C14H20ClNO2/c1-10(2)18-12-6-7-13(11(3)9-12)16-14(17)5-4-8-15/h6-7,9-10H,4-5,8H2,1-3H3,(H,16,17). The van der Waals surface area contributed by atoms with Crippen molar-refractivity contribution in [2.45, 2.75) is 39.7 Å². The molecule has 100 valence electrons. The van der Waals surface area contributed by atoms with Gasteiger partial charge in [0.15, 0.2) is 0 Å². The van der Waals surface area contributed by atoms with E-state index in [2.05, 4.69) is 5.32 Å². The third kappa shape index (κ3) is 4.96. The van der Waals surface area contributed by atoms with E-state index in [9.17, 15) is 4.79 Å². The van der Waals surface area contributed by atoms with Gasteiger partial charge in [-0.05, 0) is 51.0 Å². The van der Waals surface area contributed by atoms with Crippen LogP contribution in [0.4, 0.5) is 5.69 Å². The second kappa shape index (κ2) is 7.27. The molecule has 0 aliphatic rings. The van der Waals surface area contributed by atoms with Gasteiger partial charge in [-0.3, -0.25) is 4.79 Å². The number of hydrogen-bond donors (Lipinski definition) is 1. The molecule has 3 nitrogen and oxygen atoms in total. The van der Waals surface area contributed by atoms with Crippen molar-refractivity contribution in [2.75, 3.05) is 11.2 Å². The molecule has 0 saturated carbocycles. The number of nitrogens with one attached hydrogen (secondary N) is 1. The predicted molar refractivity (Wildman–Crippen MR) is 75.5 cm³/mol. The lowest BCUT2D eigenvalue weighted by Crippen LogP contribution is -2.12. The number of rotatable bonds is 6. The minimum atomic E-state index is -0.00345. The number of hydrogen-bond acceptors (Lipinski definition) is 2. The van der Waals surface area contributed by atoms with Crippen LogP contribution < -0.4 is 10.1 Å². The first-order valence-corrected chi connectivity index (χ1v) is 6.69. The molecule has 1 rings (SSSR count). The van der Waals surface area contributed by atoms with Crippen molar-refractivity contribution in [3.63, 3.8) is 0 Å². The Morgan fingerprint density at radius 2 is 2.17 bits per heavy atom. The summed E-state index contributed by atoms with van der Waals surface area (Å²) in [5, 5.41) is 2.87. The van der Waals surface area contributed by atoms with E-state index in [0.29, 0.717) is 18.7 Å². The average Bonchev–Trinajstić information content (AvgIpc) is 2.29. The Hall–Kier alpha value is -1.22. The Balaban J connectivity index is 2.64. The van der Waals surface area contributed by atoms with E-state index in [-0.39, 0.29) is 12.0 Å². The molecular formula is C14H20ClNO2. The highest BCUT2D eigenvalue weighted by Crippen LogP contribution is 2.22. The Bertz CT molecular complexity index is 405. The van der Waals surface area contributed by atoms with Crippen LogP contribution in [0.15, 0.2) is 18.2 Å². The lowest BCUT2D eigenvalue weighted by atomic mass is 10.2. The monoisotopic (exact) mass is 269 g/mol. The van der Waals surface area contributed by atoms with Crippen LogP contribution in [0.25, 0.3) is 0 Å². The zero-order valence-electron chi connectivity index (χ0n) is 11.1. The summed E-state index contributed by atoms with van der Waals surface area (Å²) in [6, 6.07) is 5.66. The number of ether oxygens (including phenoxy) is 1. The van der Waals surface area contributed by atoms with E-state index in [0.717, 1.165) is 17.0 Å². The molecule has 0 fully saturated rings. The fourth-order valence-corrected chi connectivity index (χ4v) is 1.70. The van der Waals surface area contributed by atoms with Crippen LogP contribution in [0.3, 0.4) is 0 Å². The van der Waals surface area contributed by atoms with Gasteiger partial charge in [-0.15, -0.1) is 11.6 Å². The molecule has 1 aromatic carbocycles. The van der Waals surface area contributed by atoms with Crippen LogP contribution in [0.2, 0.25) is 0 Å². The Morgan fingerprint density at radius 1 is 1.44 bits per heavy atom. The molecule has 18 heavy (non-hydrogen) atoms. The maximum absolute atomic E-state index is 11.6. The van der Waals surface area contributed by atoms with Crippen molar-refractivity contribution >= 4 is 23.2 Å². The number of aryl methyl sites for hydroxylation is 1. The minimum absolute atomic E-state index is 0.00345.